The van der Waals surface area contributed by atoms with Gasteiger partial charge in [0.1, 0.15) is 5.82 Å². The van der Waals surface area contributed by atoms with Crippen molar-refractivity contribution in [3.63, 3.8) is 0 Å². The normalized spacial score (nSPS) is 16.7. The van der Waals surface area contributed by atoms with E-state index in [2.05, 4.69) is 10.3 Å². The number of nitrogen functional groups attached to an aromatic ring is 1. The molecule has 1 aromatic rings. The third-order valence-electron chi connectivity index (χ3n) is 4.30. The van der Waals surface area contributed by atoms with E-state index in [1.807, 2.05) is 13.8 Å². The van der Waals surface area contributed by atoms with Gasteiger partial charge in [0.05, 0.1) is 12.7 Å². The number of nitrogens with two attached hydrogens (primary N) is 1. The van der Waals surface area contributed by atoms with Crippen molar-refractivity contribution in [2.24, 2.45) is 5.92 Å². The lowest BCUT2D eigenvalue weighted by molar-refractivity contribution is 0.114. The number of anilines is 2. The number of nitrogens with zero attached hydrogens (tertiary/aromatic N) is 2. The molecule has 0 amide bonds. The van der Waals surface area contributed by atoms with E-state index >= 15 is 0 Å². The Morgan fingerprint density at radius 2 is 2.26 bits per heavy atom. The number of nitrogens with one attached hydrogen (secondary N) is 2. The summed E-state index contributed by atoms with van der Waals surface area (Å²) in [5, 5.41) is 3.48. The molecule has 27 heavy (non-hydrogen) atoms. The number of methoxy groups -OCH3 is 1. The van der Waals surface area contributed by atoms with E-state index in [0.29, 0.717) is 31.4 Å². The zero-order valence-corrected chi connectivity index (χ0v) is 16.9. The maximum absolute atomic E-state index is 12.5. The van der Waals surface area contributed by atoms with Gasteiger partial charge in [0.15, 0.2) is 10.8 Å². The minimum atomic E-state index is -0.574. The van der Waals surface area contributed by atoms with Crippen LogP contribution in [-0.2, 0) is 16.0 Å². The summed E-state index contributed by atoms with van der Waals surface area (Å²) in [5.41, 5.74) is 5.26. The monoisotopic (exact) mass is 399 g/mol. The predicted octanol–water partition coefficient (Wildman–Crippen LogP) is 0.281. The number of thiocarbonyl (C=S) groups is 1. The number of aromatic amines is 1. The van der Waals surface area contributed by atoms with Gasteiger partial charge in [-0.25, -0.2) is 4.79 Å². The minimum absolute atomic E-state index is 0.0924. The highest BCUT2D eigenvalue weighted by Gasteiger charge is 2.23. The zero-order chi connectivity index (χ0) is 20.0. The van der Waals surface area contributed by atoms with Crippen LogP contribution in [0.4, 0.5) is 11.5 Å². The Labute approximate surface area is 163 Å². The van der Waals surface area contributed by atoms with Gasteiger partial charge < -0.3 is 25.4 Å². The molecule has 10 heteroatoms. The summed E-state index contributed by atoms with van der Waals surface area (Å²) in [6.07, 6.45) is 2.09. The van der Waals surface area contributed by atoms with Gasteiger partial charge in [0.25, 0.3) is 5.56 Å². The molecule has 1 saturated heterocycles. The average Bonchev–Trinajstić information content (AvgIpc) is 3.12. The van der Waals surface area contributed by atoms with E-state index in [9.17, 15) is 9.59 Å². The second-order valence-corrected chi connectivity index (χ2v) is 7.35. The van der Waals surface area contributed by atoms with Crippen LogP contribution in [0.2, 0.25) is 0 Å². The van der Waals surface area contributed by atoms with Crippen LogP contribution in [0.5, 0.6) is 0 Å². The van der Waals surface area contributed by atoms with Crippen LogP contribution >= 0.6 is 12.2 Å². The van der Waals surface area contributed by atoms with Crippen molar-refractivity contribution in [3.8, 4) is 0 Å². The van der Waals surface area contributed by atoms with Gasteiger partial charge in [-0.2, -0.15) is 0 Å². The Morgan fingerprint density at radius 3 is 2.85 bits per heavy atom. The summed E-state index contributed by atoms with van der Waals surface area (Å²) >= 11 is 5.50. The molecule has 1 aliphatic heterocycles. The molecular formula is C17H29N5O4S. The summed E-state index contributed by atoms with van der Waals surface area (Å²) in [4.78, 5) is 28.6. The van der Waals surface area contributed by atoms with Crippen molar-refractivity contribution >= 4 is 28.8 Å². The summed E-state index contributed by atoms with van der Waals surface area (Å²) in [5.74, 6) is 0.274. The van der Waals surface area contributed by atoms with E-state index < -0.39 is 11.2 Å². The largest absolute Gasteiger partial charge is 0.383 e. The molecule has 0 unspecified atom stereocenters. The van der Waals surface area contributed by atoms with Crippen LogP contribution in [0, 0.1) is 5.92 Å². The molecule has 1 aliphatic rings. The van der Waals surface area contributed by atoms with Crippen LogP contribution in [0.3, 0.4) is 0 Å². The molecule has 9 nitrogen and oxygen atoms in total. The lowest BCUT2D eigenvalue weighted by Gasteiger charge is -2.27. The molecule has 4 N–H and O–H groups in total. The Bertz CT molecular complexity index is 755. The molecule has 1 aromatic heterocycles. The van der Waals surface area contributed by atoms with Crippen molar-refractivity contribution in [2.75, 3.05) is 44.0 Å². The topological polar surface area (TPSA) is 115 Å². The number of H-pyrrole nitrogens is 1. The summed E-state index contributed by atoms with van der Waals surface area (Å²) in [7, 11) is 1.56. The molecule has 0 bridgehead atoms. The van der Waals surface area contributed by atoms with Crippen LogP contribution < -0.4 is 27.2 Å². The van der Waals surface area contributed by atoms with Gasteiger partial charge >= 0.3 is 5.69 Å². The van der Waals surface area contributed by atoms with E-state index in [4.69, 9.17) is 27.4 Å². The van der Waals surface area contributed by atoms with Crippen molar-refractivity contribution in [1.82, 2.24) is 14.9 Å². The third-order valence-corrected chi connectivity index (χ3v) is 4.67. The fraction of sp³-hybridized carbons (Fsp3) is 0.706. The number of hydrogen-bond donors (Lipinski definition) is 3. The lowest BCUT2D eigenvalue weighted by Crippen LogP contribution is -2.48. The first-order valence-corrected chi connectivity index (χ1v) is 9.54. The maximum atomic E-state index is 12.5. The summed E-state index contributed by atoms with van der Waals surface area (Å²) in [6, 6.07) is 0. The fourth-order valence-corrected chi connectivity index (χ4v) is 3.25. The van der Waals surface area contributed by atoms with E-state index in [1.165, 1.54) is 4.57 Å². The molecule has 152 valence electrons. The first kappa shape index (κ1) is 21.4. The third kappa shape index (κ3) is 5.53. The van der Waals surface area contributed by atoms with Crippen molar-refractivity contribution in [2.45, 2.75) is 39.3 Å². The quantitative estimate of drug-likeness (QED) is 0.534. The smallest absolute Gasteiger partial charge is 0.330 e. The van der Waals surface area contributed by atoms with Gasteiger partial charge in [0, 0.05) is 33.4 Å². The molecule has 0 aromatic carbocycles. The van der Waals surface area contributed by atoms with Gasteiger partial charge in [-0.1, -0.05) is 13.8 Å². The molecule has 0 aliphatic carbocycles. The molecule has 2 heterocycles. The highest BCUT2D eigenvalue weighted by atomic mass is 32.1. The van der Waals surface area contributed by atoms with Gasteiger partial charge in [-0.3, -0.25) is 14.3 Å². The fourth-order valence-electron chi connectivity index (χ4n) is 2.98. The maximum Gasteiger partial charge on any atom is 0.330 e. The van der Waals surface area contributed by atoms with Crippen LogP contribution in [-0.4, -0.2) is 54.2 Å². The van der Waals surface area contributed by atoms with Gasteiger partial charge in [-0.05, 0) is 31.0 Å². The molecule has 0 radical (unpaired) electrons. The van der Waals surface area contributed by atoms with E-state index in [0.717, 1.165) is 19.4 Å². The first-order chi connectivity index (χ1) is 12.8. The summed E-state index contributed by atoms with van der Waals surface area (Å²) in [6.45, 7) is 6.28. The second-order valence-electron chi connectivity index (χ2n) is 6.96. The predicted molar refractivity (Wildman–Crippen MR) is 109 cm³/mol. The van der Waals surface area contributed by atoms with Crippen molar-refractivity contribution in [3.05, 3.63) is 20.8 Å². The number of hydrogen-bond acceptors (Lipinski definition) is 6. The van der Waals surface area contributed by atoms with Gasteiger partial charge in [-0.15, -0.1) is 0 Å². The highest BCUT2D eigenvalue weighted by Crippen LogP contribution is 2.18. The number of ether oxygens (including phenoxy) is 2. The zero-order valence-electron chi connectivity index (χ0n) is 16.1. The number of aromatic nitrogens is 2. The van der Waals surface area contributed by atoms with Gasteiger partial charge in [0.2, 0.25) is 0 Å². The first-order valence-electron chi connectivity index (χ1n) is 9.13. The Balaban J connectivity index is 2.32. The molecule has 2 rings (SSSR count). The second kappa shape index (κ2) is 9.86. The van der Waals surface area contributed by atoms with Crippen molar-refractivity contribution in [1.29, 1.82) is 0 Å². The molecule has 0 saturated carbocycles. The molecule has 1 atom stereocenters. The lowest BCUT2D eigenvalue weighted by atomic mass is 10.2. The van der Waals surface area contributed by atoms with Crippen molar-refractivity contribution < 1.29 is 9.47 Å². The van der Waals surface area contributed by atoms with E-state index in [-0.39, 0.29) is 23.5 Å². The molecular weight excluding hydrogens is 370 g/mol. The average molecular weight is 400 g/mol. The summed E-state index contributed by atoms with van der Waals surface area (Å²) < 4.78 is 12.1. The van der Waals surface area contributed by atoms with Crippen LogP contribution in [0.1, 0.15) is 26.7 Å². The number of rotatable bonds is 8. The van der Waals surface area contributed by atoms with Crippen LogP contribution in [0.15, 0.2) is 9.59 Å². The Hall–Kier alpha value is -1.91. The Kier molecular flexibility index (Phi) is 7.81. The molecule has 1 fully saturated rings. The highest BCUT2D eigenvalue weighted by molar-refractivity contribution is 7.80. The SMILES string of the molecule is COCCN(C(=S)NC[C@@H]1CCCO1)c1c(N)n(CC(C)C)c(=O)[nH]c1=O. The molecule has 0 spiro atoms. The standard InChI is InChI=1S/C17H29N5O4S/c1-11(2)10-22-14(18)13(15(23)20-16(22)24)21(6-8-25-3)17(27)19-9-12-5-4-7-26-12/h11-12H,4-10,18H2,1-3H3,(H,19,27)(H,20,23,24)/t12-/m0/s1. The minimum Gasteiger partial charge on any atom is -0.383 e. The van der Waals surface area contributed by atoms with E-state index in [1.54, 1.807) is 12.0 Å². The van der Waals surface area contributed by atoms with Crippen LogP contribution in [0.25, 0.3) is 0 Å². The Morgan fingerprint density at radius 1 is 1.52 bits per heavy atom.